The highest BCUT2D eigenvalue weighted by molar-refractivity contribution is 5.48. The zero-order valence-electron chi connectivity index (χ0n) is 19.0. The van der Waals surface area contributed by atoms with Gasteiger partial charge in [0, 0.05) is 23.9 Å². The number of benzene rings is 2. The lowest BCUT2D eigenvalue weighted by Gasteiger charge is -2.12. The number of nitrogens with one attached hydrogen (secondary N) is 1. The lowest BCUT2D eigenvalue weighted by Crippen LogP contribution is -2.01. The van der Waals surface area contributed by atoms with E-state index in [-0.39, 0.29) is 0 Å². The molecule has 0 atom stereocenters. The summed E-state index contributed by atoms with van der Waals surface area (Å²) in [6.07, 6.45) is 12.5. The minimum Gasteiger partial charge on any atom is -0.493 e. The average molecular weight is 421 g/mol. The maximum Gasteiger partial charge on any atom is 0.161 e. The first-order valence-corrected chi connectivity index (χ1v) is 11.5. The molecule has 0 unspecified atom stereocenters. The maximum absolute atomic E-state index is 9.48. The van der Waals surface area contributed by atoms with Gasteiger partial charge in [0.1, 0.15) is 0 Å². The fraction of sp³-hybridized carbons (Fsp3) is 0.444. The molecule has 0 aliphatic carbocycles. The van der Waals surface area contributed by atoms with Gasteiger partial charge in [0.05, 0.1) is 19.8 Å². The van der Waals surface area contributed by atoms with Crippen molar-refractivity contribution in [2.45, 2.75) is 64.7 Å². The fourth-order valence-electron chi connectivity index (χ4n) is 3.41. The molecule has 31 heavy (non-hydrogen) atoms. The summed E-state index contributed by atoms with van der Waals surface area (Å²) in [7, 11) is 1.65. The second-order valence-corrected chi connectivity index (χ2v) is 7.78. The average Bonchev–Trinajstić information content (AvgIpc) is 2.81. The molecule has 0 aromatic heterocycles. The summed E-state index contributed by atoms with van der Waals surface area (Å²) >= 11 is 0. The lowest BCUT2D eigenvalue weighted by molar-refractivity contribution is 0.284. The Morgan fingerprint density at radius 1 is 0.935 bits per heavy atom. The number of para-hydroxylation sites is 1. The van der Waals surface area contributed by atoms with E-state index in [0.29, 0.717) is 24.4 Å². The van der Waals surface area contributed by atoms with E-state index in [0.717, 1.165) is 23.4 Å². The van der Waals surface area contributed by atoms with E-state index >= 15 is 0 Å². The number of rotatable bonds is 15. The van der Waals surface area contributed by atoms with Gasteiger partial charge in [0.2, 0.25) is 0 Å². The van der Waals surface area contributed by atoms with Crippen LogP contribution in [0.1, 0.15) is 63.9 Å². The van der Waals surface area contributed by atoms with Crippen molar-refractivity contribution in [3.05, 3.63) is 65.9 Å². The van der Waals surface area contributed by atoms with Crippen molar-refractivity contribution in [3.8, 4) is 17.6 Å². The predicted molar refractivity (Wildman–Crippen MR) is 129 cm³/mol. The Labute approximate surface area is 187 Å². The number of unbranched alkanes of at least 4 members (excludes halogenated alkanes) is 7. The molecule has 0 spiro atoms. The highest BCUT2D eigenvalue weighted by Crippen LogP contribution is 2.29. The Kier molecular flexibility index (Phi) is 11.7. The van der Waals surface area contributed by atoms with Gasteiger partial charge in [0.25, 0.3) is 0 Å². The third-order valence-corrected chi connectivity index (χ3v) is 5.21. The number of nitriles is 1. The van der Waals surface area contributed by atoms with Crippen LogP contribution in [0.3, 0.4) is 0 Å². The van der Waals surface area contributed by atoms with E-state index in [4.69, 9.17) is 9.47 Å². The molecule has 4 nitrogen and oxygen atoms in total. The fourth-order valence-corrected chi connectivity index (χ4v) is 3.41. The molecule has 166 valence electrons. The van der Waals surface area contributed by atoms with Crippen LogP contribution in [0.2, 0.25) is 0 Å². The van der Waals surface area contributed by atoms with Crippen LogP contribution in [-0.2, 0) is 6.42 Å². The van der Waals surface area contributed by atoms with Gasteiger partial charge < -0.3 is 14.8 Å². The van der Waals surface area contributed by atoms with Crippen LogP contribution in [0.4, 0.5) is 5.69 Å². The molecule has 0 heterocycles. The zero-order chi connectivity index (χ0) is 22.2. The monoisotopic (exact) mass is 420 g/mol. The van der Waals surface area contributed by atoms with E-state index in [2.05, 4.69) is 18.3 Å². The highest BCUT2D eigenvalue weighted by Gasteiger charge is 2.08. The number of ether oxygens (including phenoxy) is 2. The molecule has 0 saturated carbocycles. The Morgan fingerprint density at radius 3 is 2.32 bits per heavy atom. The molecule has 0 aliphatic heterocycles. The standard InChI is InChI=1S/C27H36N2O2/c1-3-4-5-6-7-8-9-13-18-31-26-17-16-23(20-27(26)30-2)19-24(21-28)22-29-25-14-11-10-12-15-25/h10-12,14-17,20,22,29H,3-9,13,18-19H2,1-2H3/b24-22+. The molecule has 0 aliphatic rings. The second-order valence-electron chi connectivity index (χ2n) is 7.78. The third-order valence-electron chi connectivity index (χ3n) is 5.21. The normalized spacial score (nSPS) is 11.1. The molecule has 0 fully saturated rings. The number of allylic oxidation sites excluding steroid dienone is 1. The first-order valence-electron chi connectivity index (χ1n) is 11.5. The Bertz CT molecular complexity index is 825. The molecule has 2 rings (SSSR count). The Hall–Kier alpha value is -2.93. The summed E-state index contributed by atoms with van der Waals surface area (Å²) in [6, 6.07) is 18.0. The van der Waals surface area contributed by atoms with Crippen LogP contribution in [0.5, 0.6) is 11.5 Å². The summed E-state index contributed by atoms with van der Waals surface area (Å²) in [4.78, 5) is 0. The van der Waals surface area contributed by atoms with Gasteiger partial charge in [-0.3, -0.25) is 0 Å². The molecule has 1 N–H and O–H groups in total. The summed E-state index contributed by atoms with van der Waals surface area (Å²) < 4.78 is 11.5. The van der Waals surface area contributed by atoms with Crippen molar-refractivity contribution in [1.82, 2.24) is 0 Å². The minimum absolute atomic E-state index is 0.533. The van der Waals surface area contributed by atoms with Gasteiger partial charge in [-0.05, 0) is 36.2 Å². The topological polar surface area (TPSA) is 54.3 Å². The molecule has 0 amide bonds. The van der Waals surface area contributed by atoms with Crippen molar-refractivity contribution < 1.29 is 9.47 Å². The van der Waals surface area contributed by atoms with Crippen molar-refractivity contribution in [2.75, 3.05) is 19.0 Å². The number of nitrogens with zero attached hydrogens (tertiary/aromatic N) is 1. The molecule has 0 radical (unpaired) electrons. The smallest absolute Gasteiger partial charge is 0.161 e. The number of hydrogen-bond donors (Lipinski definition) is 1. The SMILES string of the molecule is CCCCCCCCCCOc1ccc(C/C(C#N)=C\Nc2ccccc2)cc1OC. The van der Waals surface area contributed by atoms with Crippen molar-refractivity contribution in [2.24, 2.45) is 0 Å². The summed E-state index contributed by atoms with van der Waals surface area (Å²) in [5, 5.41) is 12.7. The van der Waals surface area contributed by atoms with E-state index < -0.39 is 0 Å². The maximum atomic E-state index is 9.48. The molecule has 0 bridgehead atoms. The summed E-state index contributed by atoms with van der Waals surface area (Å²) in [5.74, 6) is 1.48. The quantitative estimate of drug-likeness (QED) is 0.243. The molecular formula is C27H36N2O2. The highest BCUT2D eigenvalue weighted by atomic mass is 16.5. The number of methoxy groups -OCH3 is 1. The van der Waals surface area contributed by atoms with Crippen molar-refractivity contribution >= 4 is 5.69 Å². The minimum atomic E-state index is 0.533. The number of anilines is 1. The van der Waals surface area contributed by atoms with Crippen LogP contribution < -0.4 is 14.8 Å². The van der Waals surface area contributed by atoms with E-state index in [1.807, 2.05) is 48.5 Å². The van der Waals surface area contributed by atoms with Gasteiger partial charge >= 0.3 is 0 Å². The van der Waals surface area contributed by atoms with Crippen LogP contribution in [0, 0.1) is 11.3 Å². The summed E-state index contributed by atoms with van der Waals surface area (Å²) in [5.41, 5.74) is 2.62. The molecule has 2 aromatic carbocycles. The molecular weight excluding hydrogens is 384 g/mol. The van der Waals surface area contributed by atoms with E-state index in [9.17, 15) is 5.26 Å². The number of hydrogen-bond acceptors (Lipinski definition) is 4. The second kappa shape index (κ2) is 15.0. The first-order chi connectivity index (χ1) is 15.3. The van der Waals surface area contributed by atoms with E-state index in [1.54, 1.807) is 13.3 Å². The van der Waals surface area contributed by atoms with Crippen LogP contribution in [0.15, 0.2) is 60.3 Å². The van der Waals surface area contributed by atoms with Crippen molar-refractivity contribution in [1.29, 1.82) is 5.26 Å². The molecule has 2 aromatic rings. The zero-order valence-corrected chi connectivity index (χ0v) is 19.0. The van der Waals surface area contributed by atoms with Crippen LogP contribution >= 0.6 is 0 Å². The van der Waals surface area contributed by atoms with E-state index in [1.165, 1.54) is 44.9 Å². The molecule has 0 saturated heterocycles. The van der Waals surface area contributed by atoms with Gasteiger partial charge in [0.15, 0.2) is 11.5 Å². The van der Waals surface area contributed by atoms with Gasteiger partial charge in [-0.15, -0.1) is 0 Å². The third kappa shape index (κ3) is 9.61. The largest absolute Gasteiger partial charge is 0.493 e. The van der Waals surface area contributed by atoms with Crippen LogP contribution in [0.25, 0.3) is 0 Å². The van der Waals surface area contributed by atoms with Crippen molar-refractivity contribution in [3.63, 3.8) is 0 Å². The first kappa shape index (κ1) is 24.3. The molecule has 4 heteroatoms. The Morgan fingerprint density at radius 2 is 1.65 bits per heavy atom. The van der Waals surface area contributed by atoms with Gasteiger partial charge in [-0.1, -0.05) is 76.1 Å². The van der Waals surface area contributed by atoms with Gasteiger partial charge in [-0.25, -0.2) is 0 Å². The Balaban J connectivity index is 1.80. The predicted octanol–water partition coefficient (Wildman–Crippen LogP) is 7.28. The van der Waals surface area contributed by atoms with Crippen LogP contribution in [-0.4, -0.2) is 13.7 Å². The lowest BCUT2D eigenvalue weighted by atomic mass is 10.1. The van der Waals surface area contributed by atoms with Gasteiger partial charge in [-0.2, -0.15) is 5.26 Å². The summed E-state index contributed by atoms with van der Waals surface area (Å²) in [6.45, 7) is 2.95.